The zero-order valence-corrected chi connectivity index (χ0v) is 9.46. The Kier molecular flexibility index (Phi) is 3.35. The Balaban J connectivity index is 2.14. The maximum absolute atomic E-state index is 5.51. The van der Waals surface area contributed by atoms with Crippen LogP contribution in [-0.4, -0.2) is 11.6 Å². The topological polar surface area (TPSA) is 22.1 Å². The Bertz CT molecular complexity index is 411. The molecular weight excluding hydrogens is 206 g/mol. The van der Waals surface area contributed by atoms with Gasteiger partial charge in [-0.05, 0) is 6.42 Å². The van der Waals surface area contributed by atoms with Crippen LogP contribution in [0.15, 0.2) is 36.5 Å². The summed E-state index contributed by atoms with van der Waals surface area (Å²) in [6, 6.07) is 10.2. The van der Waals surface area contributed by atoms with E-state index in [9.17, 15) is 0 Å². The van der Waals surface area contributed by atoms with Crippen molar-refractivity contribution in [1.82, 2.24) is 4.98 Å². The highest BCUT2D eigenvalue weighted by Crippen LogP contribution is 2.29. The lowest BCUT2D eigenvalue weighted by atomic mass is 10.2. The fraction of sp³-hybridized carbons (Fsp3) is 0.250. The Labute approximate surface area is 93.6 Å². The molecule has 0 amide bonds. The molecule has 3 heteroatoms. The predicted molar refractivity (Wildman–Crippen MR) is 63.3 cm³/mol. The van der Waals surface area contributed by atoms with Crippen LogP contribution in [0.25, 0.3) is 10.6 Å². The first kappa shape index (κ1) is 10.2. The van der Waals surface area contributed by atoms with Gasteiger partial charge >= 0.3 is 0 Å². The highest BCUT2D eigenvalue weighted by Gasteiger charge is 2.03. The summed E-state index contributed by atoms with van der Waals surface area (Å²) in [5, 5.41) is 1.91. The molecule has 0 saturated carbocycles. The molecule has 0 bridgehead atoms. The van der Waals surface area contributed by atoms with E-state index in [2.05, 4.69) is 24.0 Å². The minimum absolute atomic E-state index is 0.760. The number of nitrogens with zero attached hydrogens (tertiary/aromatic N) is 1. The second kappa shape index (κ2) is 4.94. The zero-order valence-electron chi connectivity index (χ0n) is 8.64. The summed E-state index contributed by atoms with van der Waals surface area (Å²) in [6.07, 6.45) is 2.82. The lowest BCUT2D eigenvalue weighted by Gasteiger charge is -1.97. The average Bonchev–Trinajstić information content (AvgIpc) is 2.76. The Morgan fingerprint density at radius 1 is 1.27 bits per heavy atom. The van der Waals surface area contributed by atoms with Crippen molar-refractivity contribution in [3.8, 4) is 15.6 Å². The molecule has 78 valence electrons. The number of benzene rings is 1. The monoisotopic (exact) mass is 219 g/mol. The number of thiazole rings is 1. The number of hydrogen-bond acceptors (Lipinski definition) is 3. The van der Waals surface area contributed by atoms with Crippen molar-refractivity contribution in [3.05, 3.63) is 36.5 Å². The van der Waals surface area contributed by atoms with Crippen molar-refractivity contribution in [2.24, 2.45) is 0 Å². The van der Waals surface area contributed by atoms with Crippen LogP contribution in [-0.2, 0) is 0 Å². The van der Waals surface area contributed by atoms with Gasteiger partial charge in [0.05, 0.1) is 12.8 Å². The summed E-state index contributed by atoms with van der Waals surface area (Å²) in [4.78, 5) is 4.33. The first-order chi connectivity index (χ1) is 7.40. The van der Waals surface area contributed by atoms with Gasteiger partial charge in [0.1, 0.15) is 5.01 Å². The summed E-state index contributed by atoms with van der Waals surface area (Å²) < 4.78 is 5.51. The van der Waals surface area contributed by atoms with Crippen molar-refractivity contribution in [3.63, 3.8) is 0 Å². The molecule has 1 aromatic carbocycles. The third-order valence-corrected chi connectivity index (χ3v) is 2.91. The van der Waals surface area contributed by atoms with Crippen LogP contribution in [0, 0.1) is 0 Å². The molecule has 2 aromatic rings. The molecular formula is C12H13NOS. The number of hydrogen-bond donors (Lipinski definition) is 0. The van der Waals surface area contributed by atoms with Crippen LogP contribution in [0.5, 0.6) is 5.06 Å². The molecule has 0 aliphatic heterocycles. The molecule has 2 nitrogen and oxygen atoms in total. The summed E-state index contributed by atoms with van der Waals surface area (Å²) in [5.74, 6) is 0. The van der Waals surface area contributed by atoms with Crippen molar-refractivity contribution < 1.29 is 4.74 Å². The van der Waals surface area contributed by atoms with E-state index in [1.54, 1.807) is 17.5 Å². The Morgan fingerprint density at radius 2 is 2.07 bits per heavy atom. The fourth-order valence-corrected chi connectivity index (χ4v) is 2.04. The van der Waals surface area contributed by atoms with Crippen molar-refractivity contribution in [2.75, 3.05) is 6.61 Å². The van der Waals surface area contributed by atoms with Gasteiger partial charge in [-0.2, -0.15) is 0 Å². The molecule has 0 radical (unpaired) electrons. The second-order valence-electron chi connectivity index (χ2n) is 3.20. The molecule has 1 heterocycles. The predicted octanol–water partition coefficient (Wildman–Crippen LogP) is 3.60. The van der Waals surface area contributed by atoms with Crippen LogP contribution in [0.3, 0.4) is 0 Å². The maximum atomic E-state index is 5.51. The third-order valence-electron chi connectivity index (χ3n) is 1.95. The largest absolute Gasteiger partial charge is 0.483 e. The standard InChI is InChI=1S/C12H13NOS/c1-2-8-14-11-9-13-12(15-11)10-6-4-3-5-7-10/h3-7,9H,2,8H2,1H3. The van der Waals surface area contributed by atoms with Crippen LogP contribution in [0.4, 0.5) is 0 Å². The summed E-state index contributed by atoms with van der Waals surface area (Å²) in [7, 11) is 0. The van der Waals surface area contributed by atoms with Crippen LogP contribution >= 0.6 is 11.3 Å². The van der Waals surface area contributed by atoms with E-state index < -0.39 is 0 Å². The Hall–Kier alpha value is -1.35. The van der Waals surface area contributed by atoms with Crippen molar-refractivity contribution in [2.45, 2.75) is 13.3 Å². The van der Waals surface area contributed by atoms with Crippen molar-refractivity contribution in [1.29, 1.82) is 0 Å². The molecule has 0 saturated heterocycles. The normalized spacial score (nSPS) is 10.2. The quantitative estimate of drug-likeness (QED) is 0.783. The first-order valence-electron chi connectivity index (χ1n) is 5.04. The average molecular weight is 219 g/mol. The minimum Gasteiger partial charge on any atom is -0.483 e. The van der Waals surface area contributed by atoms with Gasteiger partial charge in [0.25, 0.3) is 0 Å². The molecule has 15 heavy (non-hydrogen) atoms. The SMILES string of the molecule is CCCOc1cnc(-c2ccccc2)s1. The van der Waals surface area contributed by atoms with E-state index in [4.69, 9.17) is 4.74 Å². The second-order valence-corrected chi connectivity index (χ2v) is 4.19. The van der Waals surface area contributed by atoms with E-state index in [1.807, 2.05) is 18.2 Å². The minimum atomic E-state index is 0.760. The molecule has 2 rings (SSSR count). The van der Waals surface area contributed by atoms with Crippen LogP contribution in [0.1, 0.15) is 13.3 Å². The number of rotatable bonds is 4. The maximum Gasteiger partial charge on any atom is 0.194 e. The van der Waals surface area contributed by atoms with Gasteiger partial charge in [-0.25, -0.2) is 4.98 Å². The van der Waals surface area contributed by atoms with E-state index in [-0.39, 0.29) is 0 Å². The Morgan fingerprint density at radius 3 is 2.80 bits per heavy atom. The summed E-state index contributed by atoms with van der Waals surface area (Å²) in [6.45, 7) is 2.86. The molecule has 0 atom stereocenters. The molecule has 0 spiro atoms. The van der Waals surface area contributed by atoms with Crippen LogP contribution in [0.2, 0.25) is 0 Å². The van der Waals surface area contributed by atoms with Gasteiger partial charge < -0.3 is 4.74 Å². The van der Waals surface area contributed by atoms with Crippen molar-refractivity contribution >= 4 is 11.3 Å². The zero-order chi connectivity index (χ0) is 10.5. The van der Waals surface area contributed by atoms with Gasteiger partial charge in [0.15, 0.2) is 5.06 Å². The van der Waals surface area contributed by atoms with E-state index >= 15 is 0 Å². The summed E-state index contributed by atoms with van der Waals surface area (Å²) in [5.41, 5.74) is 1.15. The molecule has 0 N–H and O–H groups in total. The van der Waals surface area contributed by atoms with Gasteiger partial charge in [0, 0.05) is 5.56 Å². The van der Waals surface area contributed by atoms with Gasteiger partial charge in [-0.3, -0.25) is 0 Å². The molecule has 0 aliphatic carbocycles. The van der Waals surface area contributed by atoms with E-state index in [1.165, 1.54) is 0 Å². The lowest BCUT2D eigenvalue weighted by molar-refractivity contribution is 0.326. The molecule has 0 fully saturated rings. The highest BCUT2D eigenvalue weighted by molar-refractivity contribution is 7.16. The van der Waals surface area contributed by atoms with E-state index in [0.29, 0.717) is 0 Å². The first-order valence-corrected chi connectivity index (χ1v) is 5.86. The van der Waals surface area contributed by atoms with Gasteiger partial charge in [0.2, 0.25) is 0 Å². The molecule has 0 unspecified atom stereocenters. The molecule has 0 aliphatic rings. The van der Waals surface area contributed by atoms with Gasteiger partial charge in [-0.15, -0.1) is 0 Å². The molecule has 1 aromatic heterocycles. The smallest absolute Gasteiger partial charge is 0.194 e. The summed E-state index contributed by atoms with van der Waals surface area (Å²) >= 11 is 1.59. The third kappa shape index (κ3) is 2.57. The fourth-order valence-electron chi connectivity index (χ4n) is 1.24. The number of aromatic nitrogens is 1. The van der Waals surface area contributed by atoms with E-state index in [0.717, 1.165) is 28.7 Å². The van der Waals surface area contributed by atoms with Crippen LogP contribution < -0.4 is 4.74 Å². The van der Waals surface area contributed by atoms with Gasteiger partial charge in [-0.1, -0.05) is 48.6 Å². The lowest BCUT2D eigenvalue weighted by Crippen LogP contribution is -1.91. The highest BCUT2D eigenvalue weighted by atomic mass is 32.1. The number of ether oxygens (including phenoxy) is 1.